The van der Waals surface area contributed by atoms with Crippen LogP contribution in [0.25, 0.3) is 11.2 Å². The van der Waals surface area contributed by atoms with Crippen LogP contribution >= 0.6 is 0 Å². The van der Waals surface area contributed by atoms with Gasteiger partial charge in [0, 0.05) is 19.4 Å². The normalized spacial score (nSPS) is 25.4. The number of carbonyl (C=O) groups is 1. The number of fused-ring (bicyclic) bond motifs is 3. The molecular weight excluding hydrogens is 474 g/mol. The van der Waals surface area contributed by atoms with E-state index in [1.807, 2.05) is 30.3 Å². The highest BCUT2D eigenvalue weighted by Gasteiger charge is 2.62. The Balaban J connectivity index is 1.16. The summed E-state index contributed by atoms with van der Waals surface area (Å²) in [5.41, 5.74) is 4.64. The van der Waals surface area contributed by atoms with Crippen LogP contribution in [0.2, 0.25) is 0 Å². The lowest BCUT2D eigenvalue weighted by Crippen LogP contribution is -2.38. The lowest BCUT2D eigenvalue weighted by atomic mass is 10.1. The number of aliphatic carboxylic acids is 1. The average molecular weight is 500 g/mol. The van der Waals surface area contributed by atoms with Gasteiger partial charge in [-0.3, -0.25) is 4.57 Å². The second kappa shape index (κ2) is 8.62. The molecule has 1 aliphatic carbocycles. The molecule has 2 aromatic heterocycles. The Kier molecular flexibility index (Phi) is 5.20. The van der Waals surface area contributed by atoms with Crippen molar-refractivity contribution in [2.75, 3.05) is 11.9 Å². The predicted octanol–water partition coefficient (Wildman–Crippen LogP) is 2.74. The first kappa shape index (κ1) is 22.3. The van der Waals surface area contributed by atoms with E-state index in [9.17, 15) is 9.90 Å². The summed E-state index contributed by atoms with van der Waals surface area (Å²) >= 11 is 0. The van der Waals surface area contributed by atoms with Gasteiger partial charge in [-0.15, -0.1) is 0 Å². The molecule has 2 saturated heterocycles. The predicted molar refractivity (Wildman–Crippen MR) is 132 cm³/mol. The van der Waals surface area contributed by atoms with Crippen molar-refractivity contribution in [3.05, 3.63) is 83.9 Å². The Morgan fingerprint density at radius 3 is 2.49 bits per heavy atom. The molecule has 37 heavy (non-hydrogen) atoms. The van der Waals surface area contributed by atoms with E-state index in [-0.39, 0.29) is 0 Å². The van der Waals surface area contributed by atoms with Crippen LogP contribution in [0.5, 0.6) is 0 Å². The fourth-order valence-electron chi connectivity index (χ4n) is 5.69. The van der Waals surface area contributed by atoms with E-state index in [1.165, 1.54) is 11.9 Å². The summed E-state index contributed by atoms with van der Waals surface area (Å²) in [5.74, 6) is -1.38. The van der Waals surface area contributed by atoms with Crippen molar-refractivity contribution in [3.8, 4) is 0 Å². The third kappa shape index (κ3) is 3.76. The standard InChI is InChI=1S/C27H25N5O5/c33-26(34)22-20-21(37-27(36-20)12-17-8-4-5-9-18(17)13-27)25(35-22)32-15-31-19-23(29-14-30-24(19)32)28-11-10-16-6-2-1-3-7-16/h1-9,14-15,20-22,25H,10-13H2,(H,33,34)(H,28,29,30)/t20?,21?,22-,25+/m0/s1. The van der Waals surface area contributed by atoms with Gasteiger partial charge in [0.2, 0.25) is 0 Å². The SMILES string of the molecule is O=C(O)[C@H]1O[C@@H](n2cnc3c(NCCc4ccccc4)ncnc32)C2OC3(Cc4ccccc4C3)OC21. The first-order chi connectivity index (χ1) is 18.1. The highest BCUT2D eigenvalue weighted by atomic mass is 16.8. The number of carboxylic acid groups (broad SMARTS) is 1. The Morgan fingerprint density at radius 1 is 1.00 bits per heavy atom. The first-order valence-electron chi connectivity index (χ1n) is 12.4. The van der Waals surface area contributed by atoms with E-state index in [0.29, 0.717) is 36.4 Å². The molecule has 3 aliphatic rings. The molecule has 4 atom stereocenters. The van der Waals surface area contributed by atoms with Crippen LogP contribution in [-0.2, 0) is 38.3 Å². The summed E-state index contributed by atoms with van der Waals surface area (Å²) in [4.78, 5) is 25.5. The van der Waals surface area contributed by atoms with Crippen LogP contribution in [0.15, 0.2) is 67.3 Å². The summed E-state index contributed by atoms with van der Waals surface area (Å²) in [6.07, 6.45) is 1.73. The number of ether oxygens (including phenoxy) is 3. The number of nitrogens with one attached hydrogen (secondary N) is 1. The second-order valence-electron chi connectivity index (χ2n) is 9.69. The second-order valence-corrected chi connectivity index (χ2v) is 9.69. The van der Waals surface area contributed by atoms with E-state index in [2.05, 4.69) is 44.5 Å². The summed E-state index contributed by atoms with van der Waals surface area (Å²) < 4.78 is 20.6. The van der Waals surface area contributed by atoms with Gasteiger partial charge in [0.1, 0.15) is 18.5 Å². The molecule has 0 radical (unpaired) electrons. The third-order valence-corrected chi connectivity index (χ3v) is 7.35. The van der Waals surface area contributed by atoms with Gasteiger partial charge < -0.3 is 24.6 Å². The first-order valence-corrected chi connectivity index (χ1v) is 12.4. The maximum Gasteiger partial charge on any atom is 0.335 e. The minimum Gasteiger partial charge on any atom is -0.479 e. The van der Waals surface area contributed by atoms with Gasteiger partial charge >= 0.3 is 5.97 Å². The molecule has 10 nitrogen and oxygen atoms in total. The number of nitrogens with zero attached hydrogens (tertiary/aromatic N) is 4. The molecule has 2 N–H and O–H groups in total. The zero-order chi connectivity index (χ0) is 25.0. The van der Waals surface area contributed by atoms with Gasteiger partial charge in [0.15, 0.2) is 35.1 Å². The number of hydrogen-bond acceptors (Lipinski definition) is 8. The molecule has 2 aliphatic heterocycles. The van der Waals surface area contributed by atoms with Crippen molar-refractivity contribution >= 4 is 23.0 Å². The number of imidazole rings is 1. The molecule has 7 rings (SSSR count). The summed E-state index contributed by atoms with van der Waals surface area (Å²) in [7, 11) is 0. The molecule has 2 unspecified atom stereocenters. The Hall–Kier alpha value is -3.86. The monoisotopic (exact) mass is 499 g/mol. The number of hydrogen-bond donors (Lipinski definition) is 2. The molecule has 0 bridgehead atoms. The van der Waals surface area contributed by atoms with Crippen molar-refractivity contribution in [3.63, 3.8) is 0 Å². The fourth-order valence-corrected chi connectivity index (χ4v) is 5.69. The topological polar surface area (TPSA) is 121 Å². The number of benzene rings is 2. The summed E-state index contributed by atoms with van der Waals surface area (Å²) in [6.45, 7) is 0.675. The van der Waals surface area contributed by atoms with Gasteiger partial charge in [0.05, 0.1) is 6.33 Å². The highest BCUT2D eigenvalue weighted by molar-refractivity contribution is 5.82. The quantitative estimate of drug-likeness (QED) is 0.412. The number of anilines is 1. The van der Waals surface area contributed by atoms with Crippen LogP contribution in [0.4, 0.5) is 5.82 Å². The molecule has 0 amide bonds. The van der Waals surface area contributed by atoms with Crippen molar-refractivity contribution in [1.82, 2.24) is 19.5 Å². The summed E-state index contributed by atoms with van der Waals surface area (Å²) in [5, 5.41) is 13.3. The number of carboxylic acids is 1. The van der Waals surface area contributed by atoms with Gasteiger partial charge in [-0.05, 0) is 23.1 Å². The Morgan fingerprint density at radius 2 is 1.73 bits per heavy atom. The van der Waals surface area contributed by atoms with E-state index < -0.39 is 36.3 Å². The van der Waals surface area contributed by atoms with Crippen molar-refractivity contribution in [1.29, 1.82) is 0 Å². The van der Waals surface area contributed by atoms with Gasteiger partial charge in [-0.1, -0.05) is 54.6 Å². The Labute approximate surface area is 212 Å². The van der Waals surface area contributed by atoms with Crippen LogP contribution in [0.3, 0.4) is 0 Å². The van der Waals surface area contributed by atoms with Gasteiger partial charge in [-0.25, -0.2) is 19.7 Å². The van der Waals surface area contributed by atoms with Gasteiger partial charge in [-0.2, -0.15) is 0 Å². The Bertz CT molecular complexity index is 1450. The van der Waals surface area contributed by atoms with Crippen molar-refractivity contribution < 1.29 is 24.1 Å². The van der Waals surface area contributed by atoms with Crippen LogP contribution in [-0.4, -0.2) is 61.2 Å². The zero-order valence-corrected chi connectivity index (χ0v) is 19.9. The maximum absolute atomic E-state index is 12.1. The third-order valence-electron chi connectivity index (χ3n) is 7.35. The molecule has 1 spiro atoms. The number of rotatable bonds is 6. The fraction of sp³-hybridized carbons (Fsp3) is 0.333. The largest absolute Gasteiger partial charge is 0.479 e. The molecule has 4 heterocycles. The lowest BCUT2D eigenvalue weighted by Gasteiger charge is -2.26. The molecule has 2 aromatic carbocycles. The van der Waals surface area contributed by atoms with Crippen molar-refractivity contribution in [2.24, 2.45) is 0 Å². The zero-order valence-electron chi connectivity index (χ0n) is 19.9. The molecule has 188 valence electrons. The van der Waals surface area contributed by atoms with Crippen LogP contribution in [0, 0.1) is 0 Å². The minimum atomic E-state index is -1.17. The molecule has 10 heteroatoms. The number of aromatic nitrogens is 4. The highest BCUT2D eigenvalue weighted by Crippen LogP contribution is 2.48. The van der Waals surface area contributed by atoms with E-state index in [0.717, 1.165) is 17.5 Å². The molecule has 4 aromatic rings. The van der Waals surface area contributed by atoms with Gasteiger partial charge in [0.25, 0.3) is 0 Å². The smallest absolute Gasteiger partial charge is 0.335 e. The van der Waals surface area contributed by atoms with Crippen LogP contribution < -0.4 is 5.32 Å². The summed E-state index contributed by atoms with van der Waals surface area (Å²) in [6, 6.07) is 18.3. The minimum absolute atomic E-state index is 0.534. The van der Waals surface area contributed by atoms with Crippen LogP contribution in [0.1, 0.15) is 22.9 Å². The average Bonchev–Trinajstić information content (AvgIpc) is 3.66. The van der Waals surface area contributed by atoms with Crippen molar-refractivity contribution in [2.45, 2.75) is 49.6 Å². The van der Waals surface area contributed by atoms with E-state index >= 15 is 0 Å². The molecule has 2 fully saturated rings. The lowest BCUT2D eigenvalue weighted by molar-refractivity contribution is -0.214. The van der Waals surface area contributed by atoms with E-state index in [1.54, 1.807) is 10.9 Å². The molecule has 0 saturated carbocycles. The molecular formula is C27H25N5O5. The maximum atomic E-state index is 12.1. The van der Waals surface area contributed by atoms with E-state index in [4.69, 9.17) is 14.2 Å².